The lowest BCUT2D eigenvalue weighted by Gasteiger charge is -2.31. The third-order valence-corrected chi connectivity index (χ3v) is 8.68. The summed E-state index contributed by atoms with van der Waals surface area (Å²) in [5.41, 5.74) is 1.77. The second kappa shape index (κ2) is 9.50. The fourth-order valence-electron chi connectivity index (χ4n) is 6.45. The molecule has 40 heavy (non-hydrogen) atoms. The number of carboxylic acid groups (broad SMARTS) is 1. The van der Waals surface area contributed by atoms with E-state index in [4.69, 9.17) is 4.74 Å². The highest BCUT2D eigenvalue weighted by atomic mass is 79.9. The molecule has 2 bridgehead atoms. The number of fused-ring (bicyclic) bond motifs is 1. The number of tetrazole rings is 1. The minimum Gasteiger partial charge on any atom is -0.481 e. The van der Waals surface area contributed by atoms with Crippen LogP contribution in [0.15, 0.2) is 102 Å². The zero-order chi connectivity index (χ0) is 27.4. The normalized spacial score (nSPS) is 25.5. The molecule has 7 rings (SSSR count). The summed E-state index contributed by atoms with van der Waals surface area (Å²) in [5, 5.41) is 23.0. The van der Waals surface area contributed by atoms with E-state index >= 15 is 0 Å². The van der Waals surface area contributed by atoms with E-state index in [-0.39, 0.29) is 18.5 Å². The molecule has 0 radical (unpaired) electrons. The second-order valence-electron chi connectivity index (χ2n) is 10.4. The Morgan fingerprint density at radius 1 is 0.950 bits per heavy atom. The van der Waals surface area contributed by atoms with Crippen molar-refractivity contribution < 1.29 is 19.4 Å². The van der Waals surface area contributed by atoms with Crippen LogP contribution in [-0.4, -0.2) is 60.3 Å². The van der Waals surface area contributed by atoms with Crippen LogP contribution in [0, 0.1) is 11.8 Å². The predicted molar refractivity (Wildman–Crippen MR) is 147 cm³/mol. The molecule has 0 unspecified atom stereocenters. The first kappa shape index (κ1) is 24.9. The van der Waals surface area contributed by atoms with Gasteiger partial charge in [0.15, 0.2) is 5.82 Å². The quantitative estimate of drug-likeness (QED) is 0.320. The number of carboxylic acids is 1. The van der Waals surface area contributed by atoms with Crippen LogP contribution in [0.25, 0.3) is 0 Å². The summed E-state index contributed by atoms with van der Waals surface area (Å²) < 4.78 is 8.83. The van der Waals surface area contributed by atoms with Crippen molar-refractivity contribution in [3.8, 4) is 0 Å². The third kappa shape index (κ3) is 3.82. The molecule has 3 aromatic carbocycles. The summed E-state index contributed by atoms with van der Waals surface area (Å²) in [7, 11) is 0. The van der Waals surface area contributed by atoms with Crippen molar-refractivity contribution in [3.05, 3.63) is 124 Å². The molecular weight excluding hydrogens is 574 g/mol. The minimum atomic E-state index is -1.03. The smallest absolute Gasteiger partial charge is 0.310 e. The Kier molecular flexibility index (Phi) is 5.90. The van der Waals surface area contributed by atoms with Gasteiger partial charge in [0, 0.05) is 4.47 Å². The van der Waals surface area contributed by atoms with Gasteiger partial charge in [0.05, 0.1) is 18.6 Å². The molecular formula is C30H24BrN5O4. The molecule has 0 aliphatic carbocycles. The molecule has 1 amide bonds. The monoisotopic (exact) mass is 597 g/mol. The Morgan fingerprint density at radius 3 is 2.20 bits per heavy atom. The van der Waals surface area contributed by atoms with Gasteiger partial charge in [-0.2, -0.15) is 0 Å². The van der Waals surface area contributed by atoms with Crippen LogP contribution in [0.2, 0.25) is 0 Å². The van der Waals surface area contributed by atoms with Gasteiger partial charge in [0.2, 0.25) is 5.91 Å². The number of likely N-dealkylation sites (tertiary alicyclic amines) is 1. The van der Waals surface area contributed by atoms with E-state index in [1.807, 2.05) is 91.0 Å². The summed E-state index contributed by atoms with van der Waals surface area (Å²) in [6.45, 7) is 0.197. The highest BCUT2D eigenvalue weighted by Gasteiger charge is 2.68. The second-order valence-corrected chi connectivity index (χ2v) is 11.3. The number of rotatable bonds is 7. The number of hydrogen-bond donors (Lipinski definition) is 1. The highest BCUT2D eigenvalue weighted by molar-refractivity contribution is 9.10. The molecule has 3 aliphatic heterocycles. The number of amides is 1. The molecule has 4 aromatic rings. The number of ether oxygens (including phenoxy) is 1. The lowest BCUT2D eigenvalue weighted by Crippen LogP contribution is -2.40. The Morgan fingerprint density at radius 2 is 1.57 bits per heavy atom. The highest BCUT2D eigenvalue weighted by Crippen LogP contribution is 2.54. The summed E-state index contributed by atoms with van der Waals surface area (Å²) in [6, 6.07) is 26.5. The number of carbonyl (C=O) groups excluding carboxylic acids is 1. The number of aliphatic carboxylic acids is 1. The number of aromatic nitrogens is 4. The van der Waals surface area contributed by atoms with Crippen molar-refractivity contribution in [3.63, 3.8) is 0 Å². The first-order valence-corrected chi connectivity index (χ1v) is 13.8. The Labute approximate surface area is 238 Å². The van der Waals surface area contributed by atoms with E-state index in [1.54, 1.807) is 15.7 Å². The van der Waals surface area contributed by atoms with E-state index in [9.17, 15) is 14.7 Å². The topological polar surface area (TPSA) is 110 Å². The summed E-state index contributed by atoms with van der Waals surface area (Å²) in [5.74, 6) is -2.60. The Bertz CT molecular complexity index is 1570. The molecule has 4 heterocycles. The molecule has 2 fully saturated rings. The number of nitrogens with zero attached hydrogens (tertiary/aromatic N) is 5. The van der Waals surface area contributed by atoms with Crippen LogP contribution in [0.5, 0.6) is 0 Å². The lowest BCUT2D eigenvalue weighted by molar-refractivity contribution is -0.148. The van der Waals surface area contributed by atoms with E-state index < -0.39 is 35.6 Å². The average molecular weight is 598 g/mol. The van der Waals surface area contributed by atoms with Crippen molar-refractivity contribution in [2.24, 2.45) is 11.8 Å². The van der Waals surface area contributed by atoms with Gasteiger partial charge in [-0.15, -0.1) is 5.10 Å². The van der Waals surface area contributed by atoms with Gasteiger partial charge in [-0.25, -0.2) is 4.68 Å². The number of halogens is 1. The van der Waals surface area contributed by atoms with E-state index in [0.29, 0.717) is 5.82 Å². The molecule has 9 nitrogen and oxygen atoms in total. The number of benzene rings is 3. The Hall–Kier alpha value is -4.15. The molecule has 10 heteroatoms. The molecule has 200 valence electrons. The average Bonchev–Trinajstić information content (AvgIpc) is 3.74. The number of carbonyl (C=O) groups is 2. The van der Waals surface area contributed by atoms with Crippen LogP contribution in [0.3, 0.4) is 0 Å². The van der Waals surface area contributed by atoms with Gasteiger partial charge in [-0.05, 0) is 39.2 Å². The van der Waals surface area contributed by atoms with Crippen LogP contribution in [0.1, 0.15) is 34.6 Å². The van der Waals surface area contributed by atoms with Crippen molar-refractivity contribution in [2.45, 2.75) is 23.8 Å². The van der Waals surface area contributed by atoms with Crippen molar-refractivity contribution in [1.82, 2.24) is 25.1 Å². The minimum absolute atomic E-state index is 0.197. The van der Waals surface area contributed by atoms with Gasteiger partial charge in [0.1, 0.15) is 23.6 Å². The van der Waals surface area contributed by atoms with Crippen LogP contribution in [-0.2, 0) is 14.3 Å². The summed E-state index contributed by atoms with van der Waals surface area (Å²) in [4.78, 5) is 28.1. The van der Waals surface area contributed by atoms with Crippen molar-refractivity contribution in [2.75, 3.05) is 6.54 Å². The van der Waals surface area contributed by atoms with E-state index in [1.165, 1.54) is 0 Å². The molecule has 2 saturated heterocycles. The maximum atomic E-state index is 14.1. The van der Waals surface area contributed by atoms with Crippen molar-refractivity contribution in [1.29, 1.82) is 0 Å². The van der Waals surface area contributed by atoms with Crippen LogP contribution >= 0.6 is 15.9 Å². The fourth-order valence-corrected chi connectivity index (χ4v) is 6.72. The van der Waals surface area contributed by atoms with E-state index in [2.05, 4.69) is 31.5 Å². The molecule has 5 atom stereocenters. The lowest BCUT2D eigenvalue weighted by atomic mass is 9.77. The molecule has 1 aromatic heterocycles. The van der Waals surface area contributed by atoms with Gasteiger partial charge in [0.25, 0.3) is 0 Å². The molecule has 3 aliphatic rings. The first-order valence-electron chi connectivity index (χ1n) is 13.0. The fraction of sp³-hybridized carbons (Fsp3) is 0.233. The molecule has 1 spiro atoms. The van der Waals surface area contributed by atoms with E-state index in [0.717, 1.165) is 21.2 Å². The van der Waals surface area contributed by atoms with Crippen molar-refractivity contribution >= 4 is 27.8 Å². The van der Waals surface area contributed by atoms with Gasteiger partial charge < -0.3 is 14.7 Å². The Balaban J connectivity index is 1.38. The van der Waals surface area contributed by atoms with Crippen LogP contribution in [0.4, 0.5) is 0 Å². The van der Waals surface area contributed by atoms with Gasteiger partial charge >= 0.3 is 5.97 Å². The van der Waals surface area contributed by atoms with Gasteiger partial charge in [-0.1, -0.05) is 101 Å². The van der Waals surface area contributed by atoms with Crippen LogP contribution < -0.4 is 0 Å². The predicted octanol–water partition coefficient (Wildman–Crippen LogP) is 4.03. The SMILES string of the molecule is O=C(O)[C@H]1[C@H]2C(=O)N([C@H](c3ccc(Br)cc3)c3nnnn3C(c3ccccc3)c3ccccc3)C[C@]23C=C[C@H]1O3. The standard InChI is InChI=1S/C30H24BrN5O4/c31-21-13-11-20(12-14-21)26(35-17-30-16-15-22(40-30)23(29(38)39)24(30)28(35)37)27-32-33-34-36(27)25(18-7-3-1-4-8-18)19-9-5-2-6-10-19/h1-16,22-26H,17H2,(H,38,39)/t22-,23-,24+,26-,30-/m1/s1. The largest absolute Gasteiger partial charge is 0.481 e. The van der Waals surface area contributed by atoms with Gasteiger partial charge in [-0.3, -0.25) is 9.59 Å². The zero-order valence-corrected chi connectivity index (χ0v) is 22.7. The third-order valence-electron chi connectivity index (χ3n) is 8.15. The molecule has 0 saturated carbocycles. The first-order chi connectivity index (χ1) is 19.5. The summed E-state index contributed by atoms with van der Waals surface area (Å²) in [6.07, 6.45) is 3.02. The summed E-state index contributed by atoms with van der Waals surface area (Å²) >= 11 is 3.51. The zero-order valence-electron chi connectivity index (χ0n) is 21.1. The maximum Gasteiger partial charge on any atom is 0.310 e. The number of hydrogen-bond acceptors (Lipinski definition) is 6. The maximum absolute atomic E-state index is 14.1. The molecule has 1 N–H and O–H groups in total.